The molecule has 10 N–H and O–H groups in total. The van der Waals surface area contributed by atoms with Crippen LogP contribution in [0.1, 0.15) is 20.1 Å². The molecule has 0 spiro atoms. The Balaban J connectivity index is 1.41. The van der Waals surface area contributed by atoms with E-state index in [4.69, 9.17) is 15.2 Å². The number of hydrogen-bond acceptors (Lipinski definition) is 17. The van der Waals surface area contributed by atoms with Crippen LogP contribution >= 0.6 is 15.6 Å². The van der Waals surface area contributed by atoms with Gasteiger partial charge in [0.1, 0.15) is 42.6 Å². The molecule has 0 aromatic carbocycles. The molecular formula is C18H28N7O14P2-. The zero-order valence-electron chi connectivity index (χ0n) is 21.3. The number of carbonyl (C=O) groups is 1. The summed E-state index contributed by atoms with van der Waals surface area (Å²) in [5.41, 5.74) is 8.24. The Morgan fingerprint density at radius 1 is 1.24 bits per heavy atom. The highest BCUT2D eigenvalue weighted by Gasteiger charge is 2.48. The molecule has 0 aliphatic carbocycles. The van der Waals surface area contributed by atoms with E-state index < -0.39 is 88.8 Å². The Morgan fingerprint density at radius 2 is 1.93 bits per heavy atom. The number of quaternary nitrogens is 1. The number of nitrogens with zero attached hydrogens (tertiary/aromatic N) is 3. The molecule has 2 fully saturated rings. The third-order valence-corrected chi connectivity index (χ3v) is 8.84. The molecule has 41 heavy (non-hydrogen) atoms. The van der Waals surface area contributed by atoms with Gasteiger partial charge in [0.25, 0.3) is 21.2 Å². The third kappa shape index (κ3) is 6.83. The van der Waals surface area contributed by atoms with Gasteiger partial charge < -0.3 is 55.9 Å². The number of aliphatic hydroxyl groups is 3. The van der Waals surface area contributed by atoms with Crippen LogP contribution in [0.3, 0.4) is 0 Å². The lowest BCUT2D eigenvalue weighted by atomic mass is 9.96. The number of aromatic amines is 1. The number of nitrogens with one attached hydrogen (secondary N) is 2. The zero-order chi connectivity index (χ0) is 30.4. The SMILES string of the molecule is CC(=O)N[C@H]1[C@@H](OP(=O)([O-])OP(=O)([O-])OC[C@H]2O[C@@H](n3cnc4c(=O)[nH]c(N)nc43)[C@H](O)[C@@H]2O)O[C@H](C)[C@@H]([NH3+])[C@@H]1O. The van der Waals surface area contributed by atoms with E-state index in [9.17, 15) is 43.8 Å². The van der Waals surface area contributed by atoms with E-state index in [1.807, 2.05) is 0 Å². The second-order valence-corrected chi connectivity index (χ2v) is 12.2. The molecule has 2 aliphatic heterocycles. The van der Waals surface area contributed by atoms with Crippen molar-refractivity contribution in [2.45, 2.75) is 69.0 Å². The van der Waals surface area contributed by atoms with Crippen molar-refractivity contribution in [1.82, 2.24) is 24.8 Å². The lowest BCUT2D eigenvalue weighted by Crippen LogP contribution is -2.78. The van der Waals surface area contributed by atoms with E-state index in [1.54, 1.807) is 0 Å². The fourth-order valence-electron chi connectivity index (χ4n) is 4.26. The van der Waals surface area contributed by atoms with Gasteiger partial charge in [-0.2, -0.15) is 4.98 Å². The highest BCUT2D eigenvalue weighted by atomic mass is 31.3. The maximum Gasteiger partial charge on any atom is 0.280 e. The second kappa shape index (κ2) is 11.7. The minimum absolute atomic E-state index is 0.113. The number of phosphoric acid groups is 2. The quantitative estimate of drug-likeness (QED) is 0.127. The van der Waals surface area contributed by atoms with Gasteiger partial charge in [0.15, 0.2) is 23.7 Å². The number of aromatic nitrogens is 4. The first kappa shape index (κ1) is 31.6. The van der Waals surface area contributed by atoms with Crippen LogP contribution in [0.4, 0.5) is 5.95 Å². The first-order chi connectivity index (χ1) is 19.0. The van der Waals surface area contributed by atoms with E-state index >= 15 is 0 Å². The molecule has 21 nitrogen and oxygen atoms in total. The van der Waals surface area contributed by atoms with Crippen molar-refractivity contribution in [3.05, 3.63) is 16.7 Å². The van der Waals surface area contributed by atoms with Crippen LogP contribution in [0.25, 0.3) is 11.2 Å². The molecule has 2 aliphatic rings. The molecule has 1 amide bonds. The maximum atomic E-state index is 12.4. The third-order valence-electron chi connectivity index (χ3n) is 6.31. The topological polar surface area (TPSA) is 333 Å². The largest absolute Gasteiger partial charge is 0.756 e. The van der Waals surface area contributed by atoms with Gasteiger partial charge in [0.2, 0.25) is 11.9 Å². The first-order valence-corrected chi connectivity index (χ1v) is 14.8. The minimum Gasteiger partial charge on any atom is -0.756 e. The number of fused-ring (bicyclic) bond motifs is 1. The summed E-state index contributed by atoms with van der Waals surface area (Å²) < 4.78 is 49.9. The van der Waals surface area contributed by atoms with E-state index in [0.717, 1.165) is 17.8 Å². The molecule has 0 saturated carbocycles. The number of amides is 1. The summed E-state index contributed by atoms with van der Waals surface area (Å²) >= 11 is 0. The Hall–Kier alpha value is -2.36. The second-order valence-electron chi connectivity index (χ2n) is 9.29. The van der Waals surface area contributed by atoms with Crippen molar-refractivity contribution in [3.63, 3.8) is 0 Å². The number of imidazole rings is 1. The number of hydrogen-bond donors (Lipinski definition) is 7. The van der Waals surface area contributed by atoms with Crippen LogP contribution in [0, 0.1) is 0 Å². The minimum atomic E-state index is -5.79. The van der Waals surface area contributed by atoms with Crippen LogP contribution in [-0.2, 0) is 36.8 Å². The fraction of sp³-hybridized carbons (Fsp3) is 0.667. The number of aliphatic hydroxyl groups excluding tert-OH is 3. The highest BCUT2D eigenvalue weighted by molar-refractivity contribution is 7.59. The number of ether oxygens (including phenoxy) is 2. The summed E-state index contributed by atoms with van der Waals surface area (Å²) in [6.45, 7) is 1.48. The highest BCUT2D eigenvalue weighted by Crippen LogP contribution is 2.57. The molecule has 2 saturated heterocycles. The average Bonchev–Trinajstić information content (AvgIpc) is 3.39. The van der Waals surface area contributed by atoms with Gasteiger partial charge >= 0.3 is 0 Å². The molecule has 4 heterocycles. The summed E-state index contributed by atoms with van der Waals surface area (Å²) in [7, 11) is -11.5. The molecule has 11 atom stereocenters. The molecule has 2 aromatic heterocycles. The van der Waals surface area contributed by atoms with Gasteiger partial charge in [-0.3, -0.25) is 32.8 Å². The van der Waals surface area contributed by atoms with Gasteiger partial charge in [0, 0.05) is 6.92 Å². The van der Waals surface area contributed by atoms with Crippen molar-refractivity contribution < 1.29 is 67.6 Å². The predicted molar refractivity (Wildman–Crippen MR) is 126 cm³/mol. The van der Waals surface area contributed by atoms with E-state index in [-0.39, 0.29) is 17.1 Å². The van der Waals surface area contributed by atoms with Crippen LogP contribution in [0.2, 0.25) is 0 Å². The molecule has 0 radical (unpaired) electrons. The monoisotopic (exact) mass is 628 g/mol. The molecule has 230 valence electrons. The van der Waals surface area contributed by atoms with Crippen molar-refractivity contribution in [1.29, 1.82) is 0 Å². The zero-order valence-corrected chi connectivity index (χ0v) is 23.1. The Morgan fingerprint density at radius 3 is 2.59 bits per heavy atom. The number of nitrogens with two attached hydrogens (primary N) is 1. The van der Waals surface area contributed by atoms with Crippen molar-refractivity contribution in [3.8, 4) is 0 Å². The Kier molecular flexibility index (Phi) is 9.03. The summed E-state index contributed by atoms with van der Waals surface area (Å²) in [4.78, 5) is 58.2. The molecule has 0 bridgehead atoms. The Labute approximate surface area is 229 Å². The number of H-pyrrole nitrogens is 1. The van der Waals surface area contributed by atoms with E-state index in [2.05, 4.69) is 39.4 Å². The molecular weight excluding hydrogens is 600 g/mol. The number of anilines is 1. The van der Waals surface area contributed by atoms with Crippen molar-refractivity contribution in [2.75, 3.05) is 12.3 Å². The molecule has 2 aromatic rings. The Bertz CT molecular complexity index is 1440. The van der Waals surface area contributed by atoms with Crippen molar-refractivity contribution >= 4 is 38.7 Å². The van der Waals surface area contributed by atoms with E-state index in [0.29, 0.717) is 0 Å². The summed E-state index contributed by atoms with van der Waals surface area (Å²) in [5, 5.41) is 33.5. The van der Waals surface area contributed by atoms with Crippen LogP contribution in [0.15, 0.2) is 11.1 Å². The lowest BCUT2D eigenvalue weighted by molar-refractivity contribution is -0.475. The van der Waals surface area contributed by atoms with Gasteiger partial charge in [-0.1, -0.05) is 0 Å². The van der Waals surface area contributed by atoms with Gasteiger partial charge in [0.05, 0.1) is 12.9 Å². The molecule has 4 rings (SSSR count). The first-order valence-electron chi connectivity index (χ1n) is 11.8. The summed E-state index contributed by atoms with van der Waals surface area (Å²) in [5.74, 6) is -0.958. The smallest absolute Gasteiger partial charge is 0.280 e. The van der Waals surface area contributed by atoms with Crippen LogP contribution in [-0.4, -0.2) is 96.2 Å². The van der Waals surface area contributed by atoms with Gasteiger partial charge in [-0.25, -0.2) is 9.29 Å². The summed E-state index contributed by atoms with van der Waals surface area (Å²) in [6, 6.07) is -2.26. The normalized spacial score (nSPS) is 35.2. The molecule has 23 heteroatoms. The average molecular weight is 628 g/mol. The standard InChI is InChI=1S/C18H29N7O14P2/c1-5-8(19)12(28)9(22-6(2)26)17(36-5)38-41(33,34)39-40(31,32)35-3-7-11(27)13(29)16(37-7)25-4-21-10-14(25)23-18(20)24-15(10)30/h4-5,7-9,11-13,16-17,27-29H,3,19H2,1-2H3,(H,22,26)(H,31,32)(H,33,34)(H3,20,23,24,30)/p-1/t5-,7-,8-,9-,11-,12+,13-,16-,17-/m1/s1. The lowest BCUT2D eigenvalue weighted by Gasteiger charge is -2.42. The number of rotatable bonds is 9. The van der Waals surface area contributed by atoms with Crippen molar-refractivity contribution in [2.24, 2.45) is 0 Å². The summed E-state index contributed by atoms with van der Waals surface area (Å²) in [6.07, 6.45) is -9.57. The molecule has 2 unspecified atom stereocenters. The number of phosphoric ester groups is 2. The maximum absolute atomic E-state index is 12.4. The van der Waals surface area contributed by atoms with Gasteiger partial charge in [-0.05, 0) is 6.92 Å². The number of nitrogen functional groups attached to an aromatic ring is 1. The number of carbonyl (C=O) groups excluding carboxylic acids is 1. The fourth-order valence-corrected chi connectivity index (χ4v) is 6.35. The van der Waals surface area contributed by atoms with Gasteiger partial charge in [-0.15, -0.1) is 0 Å². The van der Waals surface area contributed by atoms with Crippen LogP contribution < -0.4 is 32.1 Å². The predicted octanol–water partition coefficient (Wildman–Crippen LogP) is -5.47. The van der Waals surface area contributed by atoms with Crippen LogP contribution in [0.5, 0.6) is 0 Å². The van der Waals surface area contributed by atoms with E-state index in [1.165, 1.54) is 6.92 Å².